The van der Waals surface area contributed by atoms with Crippen LogP contribution in [0.15, 0.2) is 36.9 Å². The predicted octanol–water partition coefficient (Wildman–Crippen LogP) is 2.76. The Kier molecular flexibility index (Phi) is 4.10. The fraction of sp³-hybridized carbons (Fsp3) is 0.357. The van der Waals surface area contributed by atoms with Gasteiger partial charge in [0.05, 0.1) is 12.0 Å². The highest BCUT2D eigenvalue weighted by Gasteiger charge is 2.06. The maximum atomic E-state index is 13.3. The zero-order valence-corrected chi connectivity index (χ0v) is 10.7. The van der Waals surface area contributed by atoms with E-state index in [9.17, 15) is 4.39 Å². The molecular weight excluding hydrogens is 229 g/mol. The average Bonchev–Trinajstić information content (AvgIpc) is 2.82. The smallest absolute Gasteiger partial charge is 0.123 e. The van der Waals surface area contributed by atoms with E-state index in [-0.39, 0.29) is 5.82 Å². The maximum absolute atomic E-state index is 13.3. The summed E-state index contributed by atoms with van der Waals surface area (Å²) in [6, 6.07) is 4.83. The number of rotatable bonds is 5. The molecule has 0 aliphatic heterocycles. The van der Waals surface area contributed by atoms with Gasteiger partial charge in [0, 0.05) is 18.9 Å². The van der Waals surface area contributed by atoms with E-state index in [0.717, 1.165) is 17.8 Å². The molecule has 0 bridgehead atoms. The molecule has 96 valence electrons. The summed E-state index contributed by atoms with van der Waals surface area (Å²) in [4.78, 5) is 4.02. The molecule has 0 atom stereocenters. The molecule has 18 heavy (non-hydrogen) atoms. The second-order valence-electron chi connectivity index (χ2n) is 4.77. The van der Waals surface area contributed by atoms with E-state index >= 15 is 0 Å². The van der Waals surface area contributed by atoms with Gasteiger partial charge in [0.1, 0.15) is 5.82 Å². The van der Waals surface area contributed by atoms with Crippen molar-refractivity contribution in [2.45, 2.75) is 20.4 Å². The van der Waals surface area contributed by atoms with Gasteiger partial charge >= 0.3 is 0 Å². The molecule has 0 saturated heterocycles. The van der Waals surface area contributed by atoms with Gasteiger partial charge in [-0.1, -0.05) is 13.8 Å². The van der Waals surface area contributed by atoms with Gasteiger partial charge in [-0.3, -0.25) is 0 Å². The second-order valence-corrected chi connectivity index (χ2v) is 4.77. The van der Waals surface area contributed by atoms with Crippen molar-refractivity contribution in [3.63, 3.8) is 0 Å². The summed E-state index contributed by atoms with van der Waals surface area (Å²) in [5.74, 6) is 0.371. The van der Waals surface area contributed by atoms with Crippen LogP contribution < -0.4 is 5.32 Å². The molecule has 0 saturated carbocycles. The quantitative estimate of drug-likeness (QED) is 0.880. The third kappa shape index (κ3) is 3.17. The van der Waals surface area contributed by atoms with Gasteiger partial charge in [-0.25, -0.2) is 9.37 Å². The highest BCUT2D eigenvalue weighted by Crippen LogP contribution is 2.16. The van der Waals surface area contributed by atoms with Crippen LogP contribution >= 0.6 is 0 Å². The molecular formula is C14H18FN3. The molecule has 0 fully saturated rings. The van der Waals surface area contributed by atoms with Crippen molar-refractivity contribution in [1.29, 1.82) is 0 Å². The zero-order valence-electron chi connectivity index (χ0n) is 10.7. The number of nitrogens with zero attached hydrogens (tertiary/aromatic N) is 2. The minimum Gasteiger partial charge on any atom is -0.312 e. The first-order valence-corrected chi connectivity index (χ1v) is 6.14. The molecule has 0 amide bonds. The lowest BCUT2D eigenvalue weighted by Crippen LogP contribution is -2.20. The highest BCUT2D eigenvalue weighted by molar-refractivity contribution is 5.41. The van der Waals surface area contributed by atoms with Gasteiger partial charge in [0.2, 0.25) is 0 Å². The number of nitrogens with one attached hydrogen (secondary N) is 1. The van der Waals surface area contributed by atoms with E-state index in [0.29, 0.717) is 12.5 Å². The zero-order chi connectivity index (χ0) is 13.0. The number of hydrogen-bond donors (Lipinski definition) is 1. The van der Waals surface area contributed by atoms with Crippen LogP contribution in [0.1, 0.15) is 19.4 Å². The largest absolute Gasteiger partial charge is 0.312 e. The molecule has 0 unspecified atom stereocenters. The van der Waals surface area contributed by atoms with Crippen molar-refractivity contribution >= 4 is 0 Å². The van der Waals surface area contributed by atoms with E-state index in [1.54, 1.807) is 24.7 Å². The Morgan fingerprint density at radius 3 is 2.89 bits per heavy atom. The van der Waals surface area contributed by atoms with Crippen LogP contribution in [-0.2, 0) is 6.54 Å². The van der Waals surface area contributed by atoms with Gasteiger partial charge in [-0.05, 0) is 36.2 Å². The topological polar surface area (TPSA) is 29.9 Å². The third-order valence-electron chi connectivity index (χ3n) is 2.69. The lowest BCUT2D eigenvalue weighted by atomic mass is 10.1. The Bertz CT molecular complexity index is 492. The van der Waals surface area contributed by atoms with Gasteiger partial charge in [-0.2, -0.15) is 0 Å². The minimum atomic E-state index is -0.208. The SMILES string of the molecule is CC(C)CNCc1cc(F)ccc1-n1ccnc1. The fourth-order valence-electron chi connectivity index (χ4n) is 1.84. The molecule has 1 N–H and O–H groups in total. The van der Waals surface area contributed by atoms with Crippen molar-refractivity contribution in [1.82, 2.24) is 14.9 Å². The Balaban J connectivity index is 2.19. The van der Waals surface area contributed by atoms with Crippen LogP contribution in [0.25, 0.3) is 5.69 Å². The standard InChI is InChI=1S/C14H18FN3/c1-11(2)8-17-9-12-7-13(15)3-4-14(12)18-6-5-16-10-18/h3-7,10-11,17H,8-9H2,1-2H3. The number of hydrogen-bond acceptors (Lipinski definition) is 2. The molecule has 0 aliphatic rings. The average molecular weight is 247 g/mol. The number of imidazole rings is 1. The van der Waals surface area contributed by atoms with E-state index < -0.39 is 0 Å². The molecule has 0 aliphatic carbocycles. The first-order valence-electron chi connectivity index (χ1n) is 6.14. The van der Waals surface area contributed by atoms with Crippen molar-refractivity contribution in [2.24, 2.45) is 5.92 Å². The first-order chi connectivity index (χ1) is 8.66. The lowest BCUT2D eigenvalue weighted by Gasteiger charge is -2.12. The van der Waals surface area contributed by atoms with Crippen LogP contribution in [0.4, 0.5) is 4.39 Å². The first kappa shape index (κ1) is 12.8. The number of halogens is 1. The molecule has 2 rings (SSSR count). The van der Waals surface area contributed by atoms with Crippen LogP contribution in [0, 0.1) is 11.7 Å². The summed E-state index contributed by atoms with van der Waals surface area (Å²) in [5.41, 5.74) is 1.90. The number of aromatic nitrogens is 2. The molecule has 1 aromatic heterocycles. The van der Waals surface area contributed by atoms with E-state index in [1.807, 2.05) is 10.8 Å². The summed E-state index contributed by atoms with van der Waals surface area (Å²) in [6.07, 6.45) is 5.30. The van der Waals surface area contributed by atoms with E-state index in [1.165, 1.54) is 6.07 Å². The molecule has 3 nitrogen and oxygen atoms in total. The van der Waals surface area contributed by atoms with Gasteiger partial charge in [0.25, 0.3) is 0 Å². The summed E-state index contributed by atoms with van der Waals surface area (Å²) in [5, 5.41) is 3.33. The maximum Gasteiger partial charge on any atom is 0.123 e. The summed E-state index contributed by atoms with van der Waals surface area (Å²) in [7, 11) is 0. The summed E-state index contributed by atoms with van der Waals surface area (Å²) >= 11 is 0. The van der Waals surface area contributed by atoms with Gasteiger partial charge in [-0.15, -0.1) is 0 Å². The minimum absolute atomic E-state index is 0.208. The van der Waals surface area contributed by atoms with Crippen molar-refractivity contribution in [2.75, 3.05) is 6.54 Å². The van der Waals surface area contributed by atoms with Crippen molar-refractivity contribution in [3.05, 3.63) is 48.3 Å². The van der Waals surface area contributed by atoms with Crippen LogP contribution in [0.3, 0.4) is 0 Å². The molecule has 1 heterocycles. The molecule has 1 aromatic carbocycles. The van der Waals surface area contributed by atoms with Crippen LogP contribution in [-0.4, -0.2) is 16.1 Å². The second kappa shape index (κ2) is 5.78. The molecule has 0 spiro atoms. The summed E-state index contributed by atoms with van der Waals surface area (Å²) < 4.78 is 15.2. The monoisotopic (exact) mass is 247 g/mol. The van der Waals surface area contributed by atoms with Gasteiger partial charge < -0.3 is 9.88 Å². The lowest BCUT2D eigenvalue weighted by molar-refractivity contribution is 0.549. The van der Waals surface area contributed by atoms with Gasteiger partial charge in [0.15, 0.2) is 0 Å². The fourth-order valence-corrected chi connectivity index (χ4v) is 1.84. The predicted molar refractivity (Wildman–Crippen MR) is 70.1 cm³/mol. The Morgan fingerprint density at radius 1 is 1.39 bits per heavy atom. The van der Waals surface area contributed by atoms with E-state index in [2.05, 4.69) is 24.1 Å². The molecule has 4 heteroatoms. The van der Waals surface area contributed by atoms with Crippen LogP contribution in [0.2, 0.25) is 0 Å². The Hall–Kier alpha value is -1.68. The van der Waals surface area contributed by atoms with Crippen molar-refractivity contribution in [3.8, 4) is 5.69 Å². The van der Waals surface area contributed by atoms with E-state index in [4.69, 9.17) is 0 Å². The Morgan fingerprint density at radius 2 is 2.22 bits per heavy atom. The summed E-state index contributed by atoms with van der Waals surface area (Å²) in [6.45, 7) is 5.87. The normalized spacial score (nSPS) is 11.1. The molecule has 0 radical (unpaired) electrons. The number of benzene rings is 1. The van der Waals surface area contributed by atoms with Crippen molar-refractivity contribution < 1.29 is 4.39 Å². The third-order valence-corrected chi connectivity index (χ3v) is 2.69. The Labute approximate surface area is 107 Å². The van der Waals surface area contributed by atoms with Crippen LogP contribution in [0.5, 0.6) is 0 Å². The molecule has 2 aromatic rings. The highest BCUT2D eigenvalue weighted by atomic mass is 19.1.